The zero-order valence-corrected chi connectivity index (χ0v) is 12.5. The third-order valence-corrected chi connectivity index (χ3v) is 4.02. The van der Waals surface area contributed by atoms with Gasteiger partial charge in [-0.25, -0.2) is 0 Å². The fourth-order valence-corrected chi connectivity index (χ4v) is 2.73. The number of benzene rings is 1. The highest BCUT2D eigenvalue weighted by Gasteiger charge is 2.29. The van der Waals surface area contributed by atoms with Crippen molar-refractivity contribution in [3.05, 3.63) is 23.8 Å². The molecule has 0 radical (unpaired) electrons. The molecule has 1 fully saturated rings. The molecule has 0 aromatic heterocycles. The Labute approximate surface area is 127 Å². The third kappa shape index (κ3) is 3.98. The maximum absolute atomic E-state index is 11.9. The number of anilines is 2. The van der Waals surface area contributed by atoms with Crippen LogP contribution in [0.25, 0.3) is 0 Å². The van der Waals surface area contributed by atoms with Gasteiger partial charge in [-0.2, -0.15) is 0 Å². The number of hydrogen-bond donors (Lipinski definition) is 2. The molecule has 7 heteroatoms. The topological polar surface area (TPSA) is 92.5 Å². The fraction of sp³-hybridized carbons (Fsp3) is 0.357. The van der Waals surface area contributed by atoms with Crippen molar-refractivity contribution in [2.24, 2.45) is 0 Å². The van der Waals surface area contributed by atoms with E-state index in [1.54, 1.807) is 12.1 Å². The molecule has 1 aromatic rings. The lowest BCUT2D eigenvalue weighted by molar-refractivity contribution is -0.125. The number of carbonyl (C=O) groups is 3. The zero-order valence-electron chi connectivity index (χ0n) is 11.7. The van der Waals surface area contributed by atoms with Crippen LogP contribution in [-0.4, -0.2) is 34.3 Å². The monoisotopic (exact) mass is 307 g/mol. The van der Waals surface area contributed by atoms with E-state index in [2.05, 4.69) is 5.32 Å². The van der Waals surface area contributed by atoms with Gasteiger partial charge in [0.25, 0.3) is 5.24 Å². The second kappa shape index (κ2) is 6.62. The van der Waals surface area contributed by atoms with Gasteiger partial charge in [0.05, 0.1) is 5.75 Å². The summed E-state index contributed by atoms with van der Waals surface area (Å²) in [6, 6.07) is 5.31. The molecule has 112 valence electrons. The number of nitrogen functional groups attached to an aromatic ring is 1. The van der Waals surface area contributed by atoms with E-state index < -0.39 is 0 Å². The molecule has 1 aliphatic heterocycles. The minimum Gasteiger partial charge on any atom is -0.399 e. The van der Waals surface area contributed by atoms with Crippen molar-refractivity contribution in [3.8, 4) is 0 Å². The Bertz CT molecular complexity index is 573. The summed E-state index contributed by atoms with van der Waals surface area (Å²) < 4.78 is 0. The van der Waals surface area contributed by atoms with E-state index in [0.29, 0.717) is 17.8 Å². The number of rotatable bonds is 5. The van der Waals surface area contributed by atoms with Crippen molar-refractivity contribution in [2.45, 2.75) is 19.8 Å². The highest BCUT2D eigenvalue weighted by Crippen LogP contribution is 2.20. The molecular weight excluding hydrogens is 290 g/mol. The minimum atomic E-state index is -0.230. The number of nitrogens with two attached hydrogens (primary N) is 1. The molecule has 3 amide bonds. The first-order chi connectivity index (χ1) is 9.97. The number of nitrogens with zero attached hydrogens (tertiary/aromatic N) is 1. The van der Waals surface area contributed by atoms with Gasteiger partial charge in [-0.1, -0.05) is 17.8 Å². The highest BCUT2D eigenvalue weighted by atomic mass is 32.2. The number of nitrogens with one attached hydrogen (secondary N) is 1. The van der Waals surface area contributed by atoms with Crippen molar-refractivity contribution >= 4 is 40.2 Å². The molecule has 0 unspecified atom stereocenters. The van der Waals surface area contributed by atoms with Gasteiger partial charge in [0.15, 0.2) is 0 Å². The Kier molecular flexibility index (Phi) is 4.85. The standard InChI is InChI=1S/C14H17N3O3S/c1-9-4-5-10(15)7-11(9)16-12(18)3-2-6-17-13(19)8-21-14(17)20/h4-5,7H,2-3,6,8,15H2,1H3,(H,16,18). The fourth-order valence-electron chi connectivity index (χ4n) is 1.98. The summed E-state index contributed by atoms with van der Waals surface area (Å²) in [4.78, 5) is 35.9. The summed E-state index contributed by atoms with van der Waals surface area (Å²) >= 11 is 1.00. The summed E-state index contributed by atoms with van der Waals surface area (Å²) in [7, 11) is 0. The van der Waals surface area contributed by atoms with Crippen LogP contribution in [0.5, 0.6) is 0 Å². The van der Waals surface area contributed by atoms with Gasteiger partial charge >= 0.3 is 0 Å². The maximum atomic E-state index is 11.9. The van der Waals surface area contributed by atoms with E-state index >= 15 is 0 Å². The molecular formula is C14H17N3O3S. The molecule has 2 rings (SSSR count). The molecule has 0 saturated carbocycles. The normalized spacial score (nSPS) is 14.6. The number of hydrogen-bond acceptors (Lipinski definition) is 5. The molecule has 1 aromatic carbocycles. The van der Waals surface area contributed by atoms with Crippen LogP contribution >= 0.6 is 11.8 Å². The average Bonchev–Trinajstić information content (AvgIpc) is 2.74. The number of amides is 3. The minimum absolute atomic E-state index is 0.157. The smallest absolute Gasteiger partial charge is 0.288 e. The van der Waals surface area contributed by atoms with Crippen molar-refractivity contribution in [1.82, 2.24) is 4.90 Å². The van der Waals surface area contributed by atoms with Crippen molar-refractivity contribution in [3.63, 3.8) is 0 Å². The van der Waals surface area contributed by atoms with E-state index in [1.165, 1.54) is 4.90 Å². The predicted octanol–water partition coefficient (Wildman–Crippen LogP) is 1.99. The zero-order chi connectivity index (χ0) is 15.4. The van der Waals surface area contributed by atoms with Gasteiger partial charge in [0.2, 0.25) is 11.8 Å². The highest BCUT2D eigenvalue weighted by molar-refractivity contribution is 8.14. The summed E-state index contributed by atoms with van der Waals surface area (Å²) in [5.41, 5.74) is 7.88. The molecule has 1 aliphatic rings. The lowest BCUT2D eigenvalue weighted by Gasteiger charge is -2.13. The van der Waals surface area contributed by atoms with Gasteiger partial charge in [0.1, 0.15) is 0 Å². The van der Waals surface area contributed by atoms with Crippen LogP contribution in [0.1, 0.15) is 18.4 Å². The van der Waals surface area contributed by atoms with Crippen LogP contribution in [0.4, 0.5) is 16.2 Å². The number of thioether (sulfide) groups is 1. The second-order valence-electron chi connectivity index (χ2n) is 4.83. The Morgan fingerprint density at radius 2 is 2.19 bits per heavy atom. The average molecular weight is 307 g/mol. The van der Waals surface area contributed by atoms with E-state index in [9.17, 15) is 14.4 Å². The van der Waals surface area contributed by atoms with Gasteiger partial charge in [-0.3, -0.25) is 19.3 Å². The Morgan fingerprint density at radius 3 is 2.86 bits per heavy atom. The Balaban J connectivity index is 1.81. The SMILES string of the molecule is Cc1ccc(N)cc1NC(=O)CCCN1C(=O)CSC1=O. The molecule has 0 aliphatic carbocycles. The summed E-state index contributed by atoms with van der Waals surface area (Å²) in [6.45, 7) is 2.17. The van der Waals surface area contributed by atoms with Gasteiger partial charge in [-0.15, -0.1) is 0 Å². The van der Waals surface area contributed by atoms with Gasteiger partial charge < -0.3 is 11.1 Å². The first-order valence-corrected chi connectivity index (χ1v) is 7.59. The Morgan fingerprint density at radius 1 is 1.43 bits per heavy atom. The predicted molar refractivity (Wildman–Crippen MR) is 83.0 cm³/mol. The van der Waals surface area contributed by atoms with Gasteiger partial charge in [-0.05, 0) is 31.0 Å². The molecule has 0 spiro atoms. The van der Waals surface area contributed by atoms with Crippen LogP contribution in [0.3, 0.4) is 0 Å². The number of carbonyl (C=O) groups excluding carboxylic acids is 3. The number of aryl methyl sites for hydroxylation is 1. The van der Waals surface area contributed by atoms with E-state index in [4.69, 9.17) is 5.73 Å². The van der Waals surface area contributed by atoms with Gasteiger partial charge in [0, 0.05) is 24.3 Å². The molecule has 21 heavy (non-hydrogen) atoms. The van der Waals surface area contributed by atoms with Crippen LogP contribution in [0.15, 0.2) is 18.2 Å². The molecule has 0 atom stereocenters. The van der Waals surface area contributed by atoms with Crippen LogP contribution < -0.4 is 11.1 Å². The lowest BCUT2D eigenvalue weighted by Crippen LogP contribution is -2.30. The number of imide groups is 1. The molecule has 3 N–H and O–H groups in total. The summed E-state index contributed by atoms with van der Waals surface area (Å²) in [5.74, 6) is -0.138. The Hall–Kier alpha value is -2.02. The summed E-state index contributed by atoms with van der Waals surface area (Å²) in [5, 5.41) is 2.56. The molecule has 0 bridgehead atoms. The van der Waals surface area contributed by atoms with Crippen molar-refractivity contribution in [1.29, 1.82) is 0 Å². The van der Waals surface area contributed by atoms with Crippen LogP contribution in [0.2, 0.25) is 0 Å². The molecule has 1 saturated heterocycles. The first-order valence-electron chi connectivity index (χ1n) is 6.60. The lowest BCUT2D eigenvalue weighted by atomic mass is 10.1. The van der Waals surface area contributed by atoms with E-state index in [1.807, 2.05) is 13.0 Å². The van der Waals surface area contributed by atoms with Crippen molar-refractivity contribution < 1.29 is 14.4 Å². The second-order valence-corrected chi connectivity index (χ2v) is 5.75. The maximum Gasteiger partial charge on any atom is 0.288 e. The van der Waals surface area contributed by atoms with Crippen LogP contribution in [-0.2, 0) is 9.59 Å². The molecule has 6 nitrogen and oxygen atoms in total. The largest absolute Gasteiger partial charge is 0.399 e. The third-order valence-electron chi connectivity index (χ3n) is 3.16. The molecule has 1 heterocycles. The summed E-state index contributed by atoms with van der Waals surface area (Å²) in [6.07, 6.45) is 0.696. The van der Waals surface area contributed by atoms with E-state index in [0.717, 1.165) is 17.3 Å². The first kappa shape index (κ1) is 15.4. The van der Waals surface area contributed by atoms with E-state index in [-0.39, 0.29) is 35.8 Å². The van der Waals surface area contributed by atoms with Crippen LogP contribution in [0, 0.1) is 6.92 Å². The quantitative estimate of drug-likeness (QED) is 0.812. The van der Waals surface area contributed by atoms with Crippen molar-refractivity contribution in [2.75, 3.05) is 23.3 Å².